The third-order valence-corrected chi connectivity index (χ3v) is 3.46. The Balaban J connectivity index is 2.06. The number of ether oxygens (including phenoxy) is 2. The minimum Gasteiger partial charge on any atom is -0.493 e. The minimum atomic E-state index is -0.456. The molecule has 1 aromatic carbocycles. The van der Waals surface area contributed by atoms with Gasteiger partial charge in [-0.05, 0) is 37.6 Å². The third kappa shape index (κ3) is 4.34. The molecule has 1 aromatic heterocycles. The molecule has 0 aliphatic heterocycles. The molecular formula is C17H21N3O4. The first-order valence-corrected chi connectivity index (χ1v) is 7.66. The fraction of sp³-hybridized carbons (Fsp3) is 0.353. The zero-order chi connectivity index (χ0) is 17.5. The first-order chi connectivity index (χ1) is 11.5. The lowest BCUT2D eigenvalue weighted by molar-refractivity contribution is -0.122. The maximum absolute atomic E-state index is 12.1. The van der Waals surface area contributed by atoms with E-state index in [1.54, 1.807) is 13.2 Å². The van der Waals surface area contributed by atoms with Gasteiger partial charge in [-0.1, -0.05) is 6.07 Å². The summed E-state index contributed by atoms with van der Waals surface area (Å²) in [6.07, 6.45) is 2.92. The number of rotatable bonds is 7. The third-order valence-electron chi connectivity index (χ3n) is 3.46. The van der Waals surface area contributed by atoms with Crippen LogP contribution in [0.25, 0.3) is 0 Å². The van der Waals surface area contributed by atoms with Gasteiger partial charge in [0.05, 0.1) is 19.8 Å². The van der Waals surface area contributed by atoms with E-state index in [-0.39, 0.29) is 18.5 Å². The summed E-state index contributed by atoms with van der Waals surface area (Å²) in [4.78, 5) is 27.3. The number of benzene rings is 1. The van der Waals surface area contributed by atoms with Gasteiger partial charge in [0.15, 0.2) is 11.5 Å². The van der Waals surface area contributed by atoms with Crippen molar-refractivity contribution in [1.29, 1.82) is 0 Å². The summed E-state index contributed by atoms with van der Waals surface area (Å²) in [5.41, 5.74) is 0.422. The van der Waals surface area contributed by atoms with Crippen LogP contribution in [0.4, 0.5) is 0 Å². The number of hydrogen-bond acceptors (Lipinski definition) is 5. The molecule has 0 fully saturated rings. The normalized spacial score (nSPS) is 11.6. The maximum Gasteiger partial charge on any atom is 0.347 e. The van der Waals surface area contributed by atoms with Crippen LogP contribution in [0, 0.1) is 0 Å². The molecule has 0 aliphatic rings. The summed E-state index contributed by atoms with van der Waals surface area (Å²) in [6, 6.07) is 6.87. The molecule has 1 N–H and O–H groups in total. The van der Waals surface area contributed by atoms with Crippen LogP contribution in [0.2, 0.25) is 0 Å². The lowest BCUT2D eigenvalue weighted by Crippen LogP contribution is -2.34. The predicted molar refractivity (Wildman–Crippen MR) is 89.2 cm³/mol. The Hall–Kier alpha value is -2.83. The second-order valence-corrected chi connectivity index (χ2v) is 5.16. The molecule has 0 saturated carbocycles. The van der Waals surface area contributed by atoms with Gasteiger partial charge >= 0.3 is 5.69 Å². The molecule has 2 rings (SSSR count). The number of methoxy groups -OCH3 is 1. The van der Waals surface area contributed by atoms with E-state index in [0.717, 1.165) is 5.56 Å². The van der Waals surface area contributed by atoms with Crippen molar-refractivity contribution in [2.45, 2.75) is 26.4 Å². The molecule has 0 aliphatic carbocycles. The highest BCUT2D eigenvalue weighted by Gasteiger charge is 2.13. The molecule has 2 aromatic rings. The summed E-state index contributed by atoms with van der Waals surface area (Å²) in [6.45, 7) is 4.22. The van der Waals surface area contributed by atoms with Gasteiger partial charge in [-0.15, -0.1) is 0 Å². The lowest BCUT2D eigenvalue weighted by Gasteiger charge is -2.17. The quantitative estimate of drug-likeness (QED) is 0.832. The monoisotopic (exact) mass is 331 g/mol. The second-order valence-electron chi connectivity index (χ2n) is 5.16. The Bertz CT molecular complexity index is 757. The predicted octanol–water partition coefficient (Wildman–Crippen LogP) is 1.53. The second kappa shape index (κ2) is 8.14. The first-order valence-electron chi connectivity index (χ1n) is 7.66. The topological polar surface area (TPSA) is 82.5 Å². The van der Waals surface area contributed by atoms with Crippen LogP contribution in [0.1, 0.15) is 25.5 Å². The number of amides is 1. The van der Waals surface area contributed by atoms with Crippen molar-refractivity contribution >= 4 is 5.91 Å². The Kier molecular flexibility index (Phi) is 5.95. The summed E-state index contributed by atoms with van der Waals surface area (Å²) in [7, 11) is 1.57. The van der Waals surface area contributed by atoms with E-state index in [0.29, 0.717) is 18.1 Å². The number of carbonyl (C=O) groups is 1. The molecule has 0 bridgehead atoms. The standard InChI is InChI=1S/C17H21N3O4/c1-4-24-14-7-6-13(10-15(14)23-3)12(2)19-16(21)11-20-9-5-8-18-17(20)22/h5-10,12H,4,11H2,1-3H3,(H,19,21)/t12-/m0/s1. The molecule has 0 saturated heterocycles. The molecule has 24 heavy (non-hydrogen) atoms. The van der Waals surface area contributed by atoms with Gasteiger partial charge in [0, 0.05) is 12.4 Å². The van der Waals surface area contributed by atoms with Crippen molar-refractivity contribution in [2.75, 3.05) is 13.7 Å². The highest BCUT2D eigenvalue weighted by molar-refractivity contribution is 5.76. The van der Waals surface area contributed by atoms with Gasteiger partial charge < -0.3 is 14.8 Å². The first kappa shape index (κ1) is 17.5. The Morgan fingerprint density at radius 1 is 1.38 bits per heavy atom. The van der Waals surface area contributed by atoms with E-state index in [2.05, 4.69) is 10.3 Å². The van der Waals surface area contributed by atoms with E-state index in [9.17, 15) is 9.59 Å². The van der Waals surface area contributed by atoms with Crippen LogP contribution in [-0.2, 0) is 11.3 Å². The van der Waals surface area contributed by atoms with Crippen molar-refractivity contribution in [3.8, 4) is 11.5 Å². The van der Waals surface area contributed by atoms with E-state index >= 15 is 0 Å². The van der Waals surface area contributed by atoms with Gasteiger partial charge in [-0.25, -0.2) is 9.78 Å². The van der Waals surface area contributed by atoms with Gasteiger partial charge in [-0.2, -0.15) is 0 Å². The number of nitrogens with one attached hydrogen (secondary N) is 1. The SMILES string of the molecule is CCOc1ccc([C@H](C)NC(=O)Cn2cccnc2=O)cc1OC. The smallest absolute Gasteiger partial charge is 0.347 e. The molecule has 1 atom stereocenters. The molecule has 7 heteroatoms. The fourth-order valence-electron chi connectivity index (χ4n) is 2.26. The van der Waals surface area contributed by atoms with Crippen LogP contribution in [0.5, 0.6) is 11.5 Å². The zero-order valence-corrected chi connectivity index (χ0v) is 14.0. The van der Waals surface area contributed by atoms with Crippen LogP contribution in [0.15, 0.2) is 41.5 Å². The average Bonchev–Trinajstić information content (AvgIpc) is 2.57. The number of carbonyl (C=O) groups excluding carboxylic acids is 1. The summed E-state index contributed by atoms with van der Waals surface area (Å²) >= 11 is 0. The molecule has 1 amide bonds. The number of aromatic nitrogens is 2. The van der Waals surface area contributed by atoms with Crippen LogP contribution in [-0.4, -0.2) is 29.2 Å². The summed E-state index contributed by atoms with van der Waals surface area (Å²) in [5, 5.41) is 2.85. The summed E-state index contributed by atoms with van der Waals surface area (Å²) in [5.74, 6) is 0.994. The molecule has 0 radical (unpaired) electrons. The summed E-state index contributed by atoms with van der Waals surface area (Å²) < 4.78 is 12.0. The van der Waals surface area contributed by atoms with Crippen LogP contribution >= 0.6 is 0 Å². The van der Waals surface area contributed by atoms with Crippen molar-refractivity contribution in [2.24, 2.45) is 0 Å². The van der Waals surface area contributed by atoms with E-state index in [1.807, 2.05) is 32.0 Å². The van der Waals surface area contributed by atoms with Crippen LogP contribution in [0.3, 0.4) is 0 Å². The molecule has 1 heterocycles. The molecule has 0 unspecified atom stereocenters. The highest BCUT2D eigenvalue weighted by atomic mass is 16.5. The maximum atomic E-state index is 12.1. The zero-order valence-electron chi connectivity index (χ0n) is 14.0. The van der Waals surface area contributed by atoms with Gasteiger partial charge in [0.2, 0.25) is 5.91 Å². The fourth-order valence-corrected chi connectivity index (χ4v) is 2.26. The van der Waals surface area contributed by atoms with Crippen molar-refractivity contribution in [1.82, 2.24) is 14.9 Å². The highest BCUT2D eigenvalue weighted by Crippen LogP contribution is 2.30. The van der Waals surface area contributed by atoms with E-state index in [1.165, 1.54) is 17.0 Å². The molecule has 128 valence electrons. The largest absolute Gasteiger partial charge is 0.493 e. The molecule has 7 nitrogen and oxygen atoms in total. The Morgan fingerprint density at radius 3 is 2.83 bits per heavy atom. The molecule has 0 spiro atoms. The minimum absolute atomic E-state index is 0.0782. The average molecular weight is 331 g/mol. The van der Waals surface area contributed by atoms with Crippen molar-refractivity contribution < 1.29 is 14.3 Å². The van der Waals surface area contributed by atoms with E-state index < -0.39 is 5.69 Å². The lowest BCUT2D eigenvalue weighted by atomic mass is 10.1. The van der Waals surface area contributed by atoms with Crippen molar-refractivity contribution in [3.63, 3.8) is 0 Å². The van der Waals surface area contributed by atoms with E-state index in [4.69, 9.17) is 9.47 Å². The van der Waals surface area contributed by atoms with Gasteiger partial charge in [0.1, 0.15) is 6.54 Å². The Labute approximate surface area is 140 Å². The number of hydrogen-bond donors (Lipinski definition) is 1. The molecular weight excluding hydrogens is 310 g/mol. The van der Waals surface area contributed by atoms with Crippen LogP contribution < -0.4 is 20.5 Å². The Morgan fingerprint density at radius 2 is 2.17 bits per heavy atom. The van der Waals surface area contributed by atoms with Gasteiger partial charge in [-0.3, -0.25) is 9.36 Å². The van der Waals surface area contributed by atoms with Crippen molar-refractivity contribution in [3.05, 3.63) is 52.7 Å². The van der Waals surface area contributed by atoms with Gasteiger partial charge in [0.25, 0.3) is 0 Å². The number of nitrogens with zero attached hydrogens (tertiary/aromatic N) is 2.